The number of carboxylic acids is 1. The lowest BCUT2D eigenvalue weighted by molar-refractivity contribution is -0.141. The van der Waals surface area contributed by atoms with Gasteiger partial charge >= 0.3 is 5.97 Å². The smallest absolute Gasteiger partial charge is 0.305 e. The second-order valence-corrected chi connectivity index (χ2v) is 5.06. The summed E-state index contributed by atoms with van der Waals surface area (Å²) in [6, 6.07) is -0.0828. The van der Waals surface area contributed by atoms with Crippen LogP contribution in [-0.4, -0.2) is 46.5 Å². The summed E-state index contributed by atoms with van der Waals surface area (Å²) >= 11 is 1.65. The van der Waals surface area contributed by atoms with Crippen molar-refractivity contribution in [3.63, 3.8) is 0 Å². The molecule has 16 heavy (non-hydrogen) atoms. The highest BCUT2D eigenvalue weighted by Gasteiger charge is 2.27. The molecule has 4 nitrogen and oxygen atoms in total. The lowest BCUT2D eigenvalue weighted by Crippen LogP contribution is -2.44. The monoisotopic (exact) mass is 245 g/mol. The molecule has 92 valence electrons. The van der Waals surface area contributed by atoms with Gasteiger partial charge in [-0.3, -0.25) is 9.59 Å². The molecule has 5 heteroatoms. The number of amides is 1. The summed E-state index contributed by atoms with van der Waals surface area (Å²) in [4.78, 5) is 24.3. The Morgan fingerprint density at radius 3 is 2.81 bits per heavy atom. The molecule has 1 saturated heterocycles. The van der Waals surface area contributed by atoms with E-state index < -0.39 is 5.97 Å². The normalized spacial score (nSPS) is 20.8. The average Bonchev–Trinajstić information content (AvgIpc) is 2.26. The molecule has 1 unspecified atom stereocenters. The topological polar surface area (TPSA) is 57.6 Å². The number of aliphatic carboxylic acids is 1. The standard InChI is InChI=1S/C11H19NO3S/c1-16-7-5-10(13)12-6-3-2-4-9(12)8-11(14)15/h9H,2-8H2,1H3,(H,14,15). The van der Waals surface area contributed by atoms with Crippen molar-refractivity contribution in [1.82, 2.24) is 4.90 Å². The van der Waals surface area contributed by atoms with E-state index in [0.29, 0.717) is 6.42 Å². The minimum atomic E-state index is -0.811. The predicted molar refractivity (Wildman–Crippen MR) is 64.6 cm³/mol. The first kappa shape index (κ1) is 13.4. The van der Waals surface area contributed by atoms with E-state index in [0.717, 1.165) is 31.6 Å². The Kier molecular flexibility index (Phi) is 5.66. The van der Waals surface area contributed by atoms with Crippen LogP contribution in [-0.2, 0) is 9.59 Å². The van der Waals surface area contributed by atoms with Crippen molar-refractivity contribution in [3.8, 4) is 0 Å². The van der Waals surface area contributed by atoms with Crippen molar-refractivity contribution >= 4 is 23.6 Å². The molecular weight excluding hydrogens is 226 g/mol. The van der Waals surface area contributed by atoms with Gasteiger partial charge < -0.3 is 10.0 Å². The maximum Gasteiger partial charge on any atom is 0.305 e. The molecule has 1 rings (SSSR count). The number of carboxylic acid groups (broad SMARTS) is 1. The fourth-order valence-corrected chi connectivity index (χ4v) is 2.45. The molecule has 0 aromatic carbocycles. The largest absolute Gasteiger partial charge is 0.481 e. The molecule has 0 radical (unpaired) electrons. The van der Waals surface area contributed by atoms with Gasteiger partial charge in [-0.15, -0.1) is 0 Å². The molecule has 0 aliphatic carbocycles. The zero-order chi connectivity index (χ0) is 12.0. The highest BCUT2D eigenvalue weighted by Crippen LogP contribution is 2.20. The summed E-state index contributed by atoms with van der Waals surface area (Å²) in [5, 5.41) is 8.80. The molecule has 1 amide bonds. The molecule has 1 aliphatic heterocycles. The summed E-state index contributed by atoms with van der Waals surface area (Å²) in [5.74, 6) is 0.115. The zero-order valence-corrected chi connectivity index (χ0v) is 10.5. The summed E-state index contributed by atoms with van der Waals surface area (Å²) in [5.41, 5.74) is 0. The lowest BCUT2D eigenvalue weighted by Gasteiger charge is -2.35. The van der Waals surface area contributed by atoms with Gasteiger partial charge in [-0.25, -0.2) is 0 Å². The summed E-state index contributed by atoms with van der Waals surface area (Å²) in [6.45, 7) is 0.727. The Labute approximate surface area is 100 Å². The van der Waals surface area contributed by atoms with Gasteiger partial charge in [0.1, 0.15) is 0 Å². The highest BCUT2D eigenvalue weighted by molar-refractivity contribution is 7.98. The Bertz CT molecular complexity index is 258. The van der Waals surface area contributed by atoms with Gasteiger partial charge in [-0.1, -0.05) is 0 Å². The molecule has 1 heterocycles. The predicted octanol–water partition coefficient (Wildman–Crippen LogP) is 1.60. The van der Waals surface area contributed by atoms with Crippen molar-refractivity contribution in [2.24, 2.45) is 0 Å². The quantitative estimate of drug-likeness (QED) is 0.799. The van der Waals surface area contributed by atoms with E-state index in [-0.39, 0.29) is 18.4 Å². The van der Waals surface area contributed by atoms with Gasteiger partial charge in [0.05, 0.1) is 6.42 Å². The highest BCUT2D eigenvalue weighted by atomic mass is 32.2. The molecule has 1 N–H and O–H groups in total. The summed E-state index contributed by atoms with van der Waals surface area (Å²) < 4.78 is 0. The number of hydrogen-bond donors (Lipinski definition) is 1. The average molecular weight is 245 g/mol. The summed E-state index contributed by atoms with van der Waals surface area (Å²) in [7, 11) is 0. The maximum absolute atomic E-state index is 11.9. The van der Waals surface area contributed by atoms with Crippen molar-refractivity contribution < 1.29 is 14.7 Å². The first-order valence-corrected chi connectivity index (χ1v) is 7.04. The number of likely N-dealkylation sites (tertiary alicyclic amines) is 1. The number of piperidine rings is 1. The Morgan fingerprint density at radius 1 is 1.44 bits per heavy atom. The zero-order valence-electron chi connectivity index (χ0n) is 9.65. The van der Waals surface area contributed by atoms with Crippen LogP contribution in [0.25, 0.3) is 0 Å². The first-order chi connectivity index (χ1) is 7.65. The SMILES string of the molecule is CSCCC(=O)N1CCCCC1CC(=O)O. The van der Waals surface area contributed by atoms with Gasteiger partial charge in [-0.05, 0) is 25.5 Å². The van der Waals surface area contributed by atoms with Crippen molar-refractivity contribution in [2.75, 3.05) is 18.6 Å². The van der Waals surface area contributed by atoms with Crippen LogP contribution in [0.1, 0.15) is 32.1 Å². The second kappa shape index (κ2) is 6.78. The van der Waals surface area contributed by atoms with Crippen LogP contribution in [0.3, 0.4) is 0 Å². The van der Waals surface area contributed by atoms with Crippen LogP contribution >= 0.6 is 11.8 Å². The van der Waals surface area contributed by atoms with Crippen LogP contribution in [0.4, 0.5) is 0 Å². The van der Waals surface area contributed by atoms with Crippen LogP contribution in [0, 0.1) is 0 Å². The fourth-order valence-electron chi connectivity index (χ4n) is 2.08. The molecule has 0 aromatic rings. The third-order valence-electron chi connectivity index (χ3n) is 2.88. The lowest BCUT2D eigenvalue weighted by atomic mass is 9.99. The number of nitrogens with zero attached hydrogens (tertiary/aromatic N) is 1. The minimum absolute atomic E-state index is 0.0828. The van der Waals surface area contributed by atoms with Gasteiger partial charge in [0.25, 0.3) is 0 Å². The molecule has 1 aliphatic rings. The van der Waals surface area contributed by atoms with Crippen LogP contribution in [0.15, 0.2) is 0 Å². The molecular formula is C11H19NO3S. The third kappa shape index (κ3) is 4.04. The van der Waals surface area contributed by atoms with E-state index in [1.165, 1.54) is 0 Å². The molecule has 1 fully saturated rings. The summed E-state index contributed by atoms with van der Waals surface area (Å²) in [6.07, 6.45) is 5.45. The van der Waals surface area contributed by atoms with Gasteiger partial charge in [-0.2, -0.15) is 11.8 Å². The van der Waals surface area contributed by atoms with E-state index >= 15 is 0 Å². The van der Waals surface area contributed by atoms with Crippen molar-refractivity contribution in [3.05, 3.63) is 0 Å². The van der Waals surface area contributed by atoms with E-state index in [9.17, 15) is 9.59 Å². The number of carbonyl (C=O) groups excluding carboxylic acids is 1. The maximum atomic E-state index is 11.9. The van der Waals surface area contributed by atoms with Crippen LogP contribution in [0.2, 0.25) is 0 Å². The number of hydrogen-bond acceptors (Lipinski definition) is 3. The Balaban J connectivity index is 2.51. The Morgan fingerprint density at radius 2 is 2.19 bits per heavy atom. The third-order valence-corrected chi connectivity index (χ3v) is 3.49. The van der Waals surface area contributed by atoms with Crippen LogP contribution in [0.5, 0.6) is 0 Å². The molecule has 0 saturated carbocycles. The molecule has 0 bridgehead atoms. The van der Waals surface area contributed by atoms with E-state index in [2.05, 4.69) is 0 Å². The number of carbonyl (C=O) groups is 2. The molecule has 1 atom stereocenters. The first-order valence-electron chi connectivity index (χ1n) is 5.65. The molecule has 0 spiro atoms. The number of rotatable bonds is 5. The van der Waals surface area contributed by atoms with Crippen molar-refractivity contribution in [2.45, 2.75) is 38.1 Å². The van der Waals surface area contributed by atoms with Crippen molar-refractivity contribution in [1.29, 1.82) is 0 Å². The van der Waals surface area contributed by atoms with Gasteiger partial charge in [0.15, 0.2) is 0 Å². The van der Waals surface area contributed by atoms with Crippen LogP contribution < -0.4 is 0 Å². The molecule has 0 aromatic heterocycles. The fraction of sp³-hybridized carbons (Fsp3) is 0.818. The van der Waals surface area contributed by atoms with E-state index in [4.69, 9.17) is 5.11 Å². The van der Waals surface area contributed by atoms with Gasteiger partial charge in [0, 0.05) is 24.8 Å². The minimum Gasteiger partial charge on any atom is -0.481 e. The Hall–Kier alpha value is -0.710. The van der Waals surface area contributed by atoms with E-state index in [1.54, 1.807) is 16.7 Å². The van der Waals surface area contributed by atoms with Gasteiger partial charge in [0.2, 0.25) is 5.91 Å². The van der Waals surface area contributed by atoms with E-state index in [1.807, 2.05) is 6.26 Å². The second-order valence-electron chi connectivity index (χ2n) is 4.08. The number of thioether (sulfide) groups is 1.